The number of nitrogens with one attached hydrogen (secondary N) is 1. The minimum Gasteiger partial charge on any atom is -0.408 e. The maximum absolute atomic E-state index is 12.2. The molecule has 1 N–H and O–H groups in total. The number of aryl methyl sites for hydroxylation is 2. The summed E-state index contributed by atoms with van der Waals surface area (Å²) < 4.78 is 8.55. The molecular formula is C19H23ClN4O3. The summed E-state index contributed by atoms with van der Waals surface area (Å²) in [5, 5.41) is 7.93. The average Bonchev–Trinajstić information content (AvgIpc) is 3.07. The zero-order valence-electron chi connectivity index (χ0n) is 15.9. The number of fused-ring (bicyclic) bond motifs is 1. The van der Waals surface area contributed by atoms with Gasteiger partial charge in [-0.15, -0.1) is 0 Å². The van der Waals surface area contributed by atoms with Crippen molar-refractivity contribution in [2.24, 2.45) is 0 Å². The summed E-state index contributed by atoms with van der Waals surface area (Å²) in [6.45, 7) is 8.76. The van der Waals surface area contributed by atoms with E-state index in [0.29, 0.717) is 22.7 Å². The van der Waals surface area contributed by atoms with E-state index >= 15 is 0 Å². The zero-order chi connectivity index (χ0) is 19.7. The summed E-state index contributed by atoms with van der Waals surface area (Å²) in [5.74, 6) is -0.623. The van der Waals surface area contributed by atoms with Crippen LogP contribution in [0.2, 0.25) is 5.02 Å². The molecule has 0 fully saturated rings. The van der Waals surface area contributed by atoms with Gasteiger partial charge >= 0.3 is 5.76 Å². The van der Waals surface area contributed by atoms with Crippen LogP contribution in [0.1, 0.15) is 36.3 Å². The maximum Gasteiger partial charge on any atom is 0.419 e. The van der Waals surface area contributed by atoms with Crippen LogP contribution in [-0.4, -0.2) is 26.8 Å². The molecule has 144 valence electrons. The van der Waals surface area contributed by atoms with Gasteiger partial charge in [-0.05, 0) is 45.4 Å². The fourth-order valence-electron chi connectivity index (χ4n) is 3.08. The fourth-order valence-corrected chi connectivity index (χ4v) is 3.24. The number of nitrogens with zero attached hydrogens (tertiary/aromatic N) is 3. The molecule has 0 aliphatic carbocycles. The van der Waals surface area contributed by atoms with Crippen LogP contribution in [0.15, 0.2) is 27.4 Å². The van der Waals surface area contributed by atoms with Crippen molar-refractivity contribution in [2.75, 3.05) is 6.54 Å². The Morgan fingerprint density at radius 3 is 2.74 bits per heavy atom. The molecule has 3 aromatic rings. The molecule has 7 nitrogen and oxygen atoms in total. The monoisotopic (exact) mass is 390 g/mol. The molecule has 0 aliphatic heterocycles. The highest BCUT2D eigenvalue weighted by molar-refractivity contribution is 6.31. The molecule has 0 saturated carbocycles. The van der Waals surface area contributed by atoms with Crippen molar-refractivity contribution in [2.45, 2.75) is 46.7 Å². The first-order chi connectivity index (χ1) is 12.8. The molecule has 1 amide bonds. The molecular weight excluding hydrogens is 368 g/mol. The van der Waals surface area contributed by atoms with Crippen molar-refractivity contribution in [1.29, 1.82) is 0 Å². The van der Waals surface area contributed by atoms with Gasteiger partial charge in [0.2, 0.25) is 5.91 Å². The maximum atomic E-state index is 12.2. The molecule has 1 atom stereocenters. The van der Waals surface area contributed by atoms with Crippen LogP contribution >= 0.6 is 11.6 Å². The first kappa shape index (κ1) is 19.2. The third kappa shape index (κ3) is 3.93. The largest absolute Gasteiger partial charge is 0.419 e. The second kappa shape index (κ2) is 7.60. The number of hydrogen-bond donors (Lipinski definition) is 1. The lowest BCUT2D eigenvalue weighted by Gasteiger charge is -2.15. The van der Waals surface area contributed by atoms with Gasteiger partial charge in [0.25, 0.3) is 0 Å². The van der Waals surface area contributed by atoms with Crippen LogP contribution in [0, 0.1) is 20.8 Å². The number of benzene rings is 1. The summed E-state index contributed by atoms with van der Waals surface area (Å²) in [6.07, 6.45) is 0.181. The van der Waals surface area contributed by atoms with E-state index in [1.165, 1.54) is 10.1 Å². The van der Waals surface area contributed by atoms with Gasteiger partial charge in [-0.3, -0.25) is 14.0 Å². The Labute approximate surface area is 161 Å². The van der Waals surface area contributed by atoms with Gasteiger partial charge in [-0.2, -0.15) is 5.10 Å². The van der Waals surface area contributed by atoms with Gasteiger partial charge < -0.3 is 9.73 Å². The second-order valence-electron chi connectivity index (χ2n) is 6.78. The van der Waals surface area contributed by atoms with E-state index in [1.54, 1.807) is 18.2 Å². The van der Waals surface area contributed by atoms with Crippen molar-refractivity contribution in [3.8, 4) is 0 Å². The van der Waals surface area contributed by atoms with Crippen LogP contribution in [-0.2, 0) is 11.3 Å². The van der Waals surface area contributed by atoms with E-state index in [2.05, 4.69) is 10.4 Å². The highest BCUT2D eigenvalue weighted by Crippen LogP contribution is 2.19. The van der Waals surface area contributed by atoms with E-state index in [-0.39, 0.29) is 24.9 Å². The Morgan fingerprint density at radius 2 is 2.07 bits per heavy atom. The van der Waals surface area contributed by atoms with E-state index in [9.17, 15) is 9.59 Å². The third-order valence-electron chi connectivity index (χ3n) is 4.89. The lowest BCUT2D eigenvalue weighted by molar-refractivity contribution is -0.121. The zero-order valence-corrected chi connectivity index (χ0v) is 16.6. The van der Waals surface area contributed by atoms with Gasteiger partial charge in [-0.25, -0.2) is 4.79 Å². The molecule has 3 rings (SSSR count). The number of carbonyl (C=O) groups excluding carboxylic acids is 1. The number of halogens is 1. The number of aromatic nitrogens is 3. The summed E-state index contributed by atoms with van der Waals surface area (Å²) in [7, 11) is 0. The molecule has 1 aromatic carbocycles. The van der Waals surface area contributed by atoms with Gasteiger partial charge in [0, 0.05) is 36.3 Å². The van der Waals surface area contributed by atoms with Crippen molar-refractivity contribution in [3.05, 3.63) is 50.7 Å². The molecule has 0 radical (unpaired) electrons. The van der Waals surface area contributed by atoms with Crippen molar-refractivity contribution in [3.63, 3.8) is 0 Å². The Morgan fingerprint density at radius 1 is 1.33 bits per heavy atom. The Kier molecular flexibility index (Phi) is 5.41. The highest BCUT2D eigenvalue weighted by atomic mass is 35.5. The van der Waals surface area contributed by atoms with Crippen LogP contribution in [0.5, 0.6) is 0 Å². The normalized spacial score (nSPS) is 12.5. The number of rotatable bonds is 6. The van der Waals surface area contributed by atoms with Crippen LogP contribution in [0.25, 0.3) is 11.1 Å². The van der Waals surface area contributed by atoms with Crippen molar-refractivity contribution < 1.29 is 9.21 Å². The number of hydrogen-bond acceptors (Lipinski definition) is 4. The molecule has 0 spiro atoms. The van der Waals surface area contributed by atoms with E-state index in [1.807, 2.05) is 32.4 Å². The molecule has 0 saturated heterocycles. The second-order valence-corrected chi connectivity index (χ2v) is 7.21. The summed E-state index contributed by atoms with van der Waals surface area (Å²) in [6, 6.07) is 5.04. The number of amides is 1. The minimum atomic E-state index is -0.494. The number of carbonyl (C=O) groups is 1. The van der Waals surface area contributed by atoms with Crippen LogP contribution in [0.3, 0.4) is 0 Å². The van der Waals surface area contributed by atoms with Crippen molar-refractivity contribution >= 4 is 28.6 Å². The smallest absolute Gasteiger partial charge is 0.408 e. The summed E-state index contributed by atoms with van der Waals surface area (Å²) >= 11 is 5.91. The van der Waals surface area contributed by atoms with Gasteiger partial charge in [0.05, 0.1) is 17.3 Å². The molecule has 0 unspecified atom stereocenters. The molecule has 27 heavy (non-hydrogen) atoms. The Balaban J connectivity index is 1.59. The van der Waals surface area contributed by atoms with Crippen molar-refractivity contribution in [1.82, 2.24) is 19.7 Å². The first-order valence-corrected chi connectivity index (χ1v) is 9.23. The summed E-state index contributed by atoms with van der Waals surface area (Å²) in [5.41, 5.74) is 4.31. The molecule has 8 heteroatoms. The standard InChI is InChI=1S/C19H23ClN4O3/c1-11(24-14(4)12(2)13(3)22-24)10-21-18(25)7-8-23-16-6-5-15(20)9-17(16)27-19(23)26/h5-6,9,11H,7-8,10H2,1-4H3,(H,21,25)/t11-/m0/s1. The van der Waals surface area contributed by atoms with E-state index < -0.39 is 5.76 Å². The molecule has 2 aromatic heterocycles. The quantitative estimate of drug-likeness (QED) is 0.701. The first-order valence-electron chi connectivity index (χ1n) is 8.86. The third-order valence-corrected chi connectivity index (χ3v) is 5.13. The predicted molar refractivity (Wildman–Crippen MR) is 104 cm³/mol. The fraction of sp³-hybridized carbons (Fsp3) is 0.421. The Bertz CT molecular complexity index is 1050. The molecule has 2 heterocycles. The van der Waals surface area contributed by atoms with Gasteiger partial charge in [-0.1, -0.05) is 11.6 Å². The molecule has 0 aliphatic rings. The highest BCUT2D eigenvalue weighted by Gasteiger charge is 2.15. The van der Waals surface area contributed by atoms with Gasteiger partial charge in [0.15, 0.2) is 5.58 Å². The van der Waals surface area contributed by atoms with E-state index in [4.69, 9.17) is 16.0 Å². The lowest BCUT2D eigenvalue weighted by atomic mass is 10.2. The van der Waals surface area contributed by atoms with E-state index in [0.717, 1.165) is 11.4 Å². The lowest BCUT2D eigenvalue weighted by Crippen LogP contribution is -2.31. The predicted octanol–water partition coefficient (Wildman–Crippen LogP) is 3.14. The van der Waals surface area contributed by atoms with Crippen LogP contribution in [0.4, 0.5) is 0 Å². The average molecular weight is 391 g/mol. The Hall–Kier alpha value is -2.54. The summed E-state index contributed by atoms with van der Waals surface area (Å²) in [4.78, 5) is 24.2. The molecule has 0 bridgehead atoms. The topological polar surface area (TPSA) is 82.1 Å². The minimum absolute atomic E-state index is 0.0426. The van der Waals surface area contributed by atoms with Crippen LogP contribution < -0.4 is 11.1 Å². The SMILES string of the molecule is Cc1nn([C@@H](C)CNC(=O)CCn2c(=O)oc3cc(Cl)ccc32)c(C)c1C. The van der Waals surface area contributed by atoms with Gasteiger partial charge in [0.1, 0.15) is 0 Å². The number of oxazole rings is 1.